The maximum absolute atomic E-state index is 4.19. The third-order valence-corrected chi connectivity index (χ3v) is 2.42. The van der Waals surface area contributed by atoms with Crippen LogP contribution >= 0.6 is 0 Å². The molecule has 0 aliphatic heterocycles. The highest BCUT2D eigenvalue weighted by molar-refractivity contribution is 5.33. The summed E-state index contributed by atoms with van der Waals surface area (Å²) < 4.78 is 1.86. The fourth-order valence-corrected chi connectivity index (χ4v) is 1.51. The minimum atomic E-state index is 0.519. The summed E-state index contributed by atoms with van der Waals surface area (Å²) in [5.41, 5.74) is 2.39. The van der Waals surface area contributed by atoms with Gasteiger partial charge in [0, 0.05) is 25.0 Å². The highest BCUT2D eigenvalue weighted by Gasteiger charge is 1.97. The van der Waals surface area contributed by atoms with Crippen LogP contribution in [0.1, 0.15) is 19.4 Å². The smallest absolute Gasteiger partial charge is 0.0645 e. The van der Waals surface area contributed by atoms with Crippen molar-refractivity contribution >= 4 is 0 Å². The molecule has 0 aliphatic carbocycles. The van der Waals surface area contributed by atoms with Gasteiger partial charge in [0.05, 0.1) is 5.69 Å². The molecule has 2 rings (SSSR count). The van der Waals surface area contributed by atoms with Crippen molar-refractivity contribution in [2.24, 2.45) is 0 Å². The summed E-state index contributed by atoms with van der Waals surface area (Å²) >= 11 is 0. The molecule has 3 heteroatoms. The molecular weight excluding hydrogens is 198 g/mol. The molecule has 3 nitrogen and oxygen atoms in total. The van der Waals surface area contributed by atoms with E-state index in [1.165, 1.54) is 5.56 Å². The topological polar surface area (TPSA) is 29.9 Å². The normalized spacial score (nSPS) is 10.9. The van der Waals surface area contributed by atoms with E-state index in [1.54, 1.807) is 6.20 Å². The van der Waals surface area contributed by atoms with Gasteiger partial charge in [0.1, 0.15) is 0 Å². The van der Waals surface area contributed by atoms with Crippen LogP contribution in [-0.2, 0) is 6.54 Å². The van der Waals surface area contributed by atoms with Crippen molar-refractivity contribution in [3.05, 3.63) is 48.3 Å². The lowest BCUT2D eigenvalue weighted by atomic mass is 10.2. The molecule has 16 heavy (non-hydrogen) atoms. The lowest BCUT2D eigenvalue weighted by Crippen LogP contribution is -2.21. The number of nitrogens with one attached hydrogen (secondary N) is 1. The van der Waals surface area contributed by atoms with Crippen molar-refractivity contribution in [3.8, 4) is 5.69 Å². The van der Waals surface area contributed by atoms with E-state index in [2.05, 4.69) is 48.5 Å². The van der Waals surface area contributed by atoms with E-state index in [0.29, 0.717) is 6.04 Å². The van der Waals surface area contributed by atoms with Crippen LogP contribution in [0.2, 0.25) is 0 Å². The van der Waals surface area contributed by atoms with Gasteiger partial charge in [-0.15, -0.1) is 0 Å². The Kier molecular flexibility index (Phi) is 3.37. The molecule has 0 radical (unpaired) electrons. The highest BCUT2D eigenvalue weighted by atomic mass is 15.3. The zero-order valence-corrected chi connectivity index (χ0v) is 9.72. The van der Waals surface area contributed by atoms with Crippen LogP contribution in [0.5, 0.6) is 0 Å². The standard InChI is InChI=1S/C13H17N3/c1-11(2)14-10-12-4-6-13(7-5-12)16-9-3-8-15-16/h3-9,11,14H,10H2,1-2H3. The SMILES string of the molecule is CC(C)NCc1ccc(-n2cccn2)cc1. The summed E-state index contributed by atoms with van der Waals surface area (Å²) in [7, 11) is 0. The molecule has 2 aromatic rings. The van der Waals surface area contributed by atoms with E-state index < -0.39 is 0 Å². The molecule has 0 saturated carbocycles. The largest absolute Gasteiger partial charge is 0.310 e. The number of hydrogen-bond donors (Lipinski definition) is 1. The lowest BCUT2D eigenvalue weighted by molar-refractivity contribution is 0.589. The van der Waals surface area contributed by atoms with Gasteiger partial charge in [-0.2, -0.15) is 5.10 Å². The van der Waals surface area contributed by atoms with E-state index in [1.807, 2.05) is 16.9 Å². The van der Waals surface area contributed by atoms with Crippen LogP contribution in [0.3, 0.4) is 0 Å². The van der Waals surface area contributed by atoms with Gasteiger partial charge in [0.15, 0.2) is 0 Å². The summed E-state index contributed by atoms with van der Waals surface area (Å²) in [6.45, 7) is 5.22. The van der Waals surface area contributed by atoms with Crippen LogP contribution in [0.25, 0.3) is 5.69 Å². The number of nitrogens with zero attached hydrogens (tertiary/aromatic N) is 2. The first kappa shape index (κ1) is 10.9. The second kappa shape index (κ2) is 4.94. The number of benzene rings is 1. The van der Waals surface area contributed by atoms with E-state index >= 15 is 0 Å². The zero-order chi connectivity index (χ0) is 11.4. The van der Waals surface area contributed by atoms with Gasteiger partial charge in [-0.05, 0) is 23.8 Å². The molecule has 1 aromatic carbocycles. The Balaban J connectivity index is 2.05. The molecule has 1 N–H and O–H groups in total. The van der Waals surface area contributed by atoms with Gasteiger partial charge in [0.2, 0.25) is 0 Å². The maximum atomic E-state index is 4.19. The predicted molar refractivity (Wildman–Crippen MR) is 65.5 cm³/mol. The van der Waals surface area contributed by atoms with Crippen LogP contribution < -0.4 is 5.32 Å². The Morgan fingerprint density at radius 1 is 1.25 bits per heavy atom. The fourth-order valence-electron chi connectivity index (χ4n) is 1.51. The number of aromatic nitrogens is 2. The fraction of sp³-hybridized carbons (Fsp3) is 0.308. The van der Waals surface area contributed by atoms with Crippen molar-refractivity contribution in [2.45, 2.75) is 26.4 Å². The summed E-state index contributed by atoms with van der Waals surface area (Å²) in [6.07, 6.45) is 3.73. The molecule has 0 fully saturated rings. The number of rotatable bonds is 4. The Morgan fingerprint density at radius 3 is 2.56 bits per heavy atom. The maximum Gasteiger partial charge on any atom is 0.0645 e. The minimum Gasteiger partial charge on any atom is -0.310 e. The van der Waals surface area contributed by atoms with Crippen LogP contribution in [0, 0.1) is 0 Å². The Hall–Kier alpha value is -1.61. The average molecular weight is 215 g/mol. The molecule has 1 heterocycles. The van der Waals surface area contributed by atoms with Gasteiger partial charge in [-0.1, -0.05) is 26.0 Å². The van der Waals surface area contributed by atoms with E-state index in [0.717, 1.165) is 12.2 Å². The van der Waals surface area contributed by atoms with E-state index in [4.69, 9.17) is 0 Å². The summed E-state index contributed by atoms with van der Waals surface area (Å²) in [4.78, 5) is 0. The summed E-state index contributed by atoms with van der Waals surface area (Å²) in [5, 5.41) is 7.58. The van der Waals surface area contributed by atoms with Crippen molar-refractivity contribution < 1.29 is 0 Å². The molecule has 0 spiro atoms. The zero-order valence-electron chi connectivity index (χ0n) is 9.72. The molecule has 0 atom stereocenters. The molecule has 0 amide bonds. The van der Waals surface area contributed by atoms with E-state index in [-0.39, 0.29) is 0 Å². The first-order valence-electron chi connectivity index (χ1n) is 5.58. The van der Waals surface area contributed by atoms with Crippen molar-refractivity contribution in [2.75, 3.05) is 0 Å². The monoisotopic (exact) mass is 215 g/mol. The molecule has 0 saturated heterocycles. The van der Waals surface area contributed by atoms with Gasteiger partial charge >= 0.3 is 0 Å². The Labute approximate surface area is 96.1 Å². The second-order valence-electron chi connectivity index (χ2n) is 4.15. The van der Waals surface area contributed by atoms with Crippen molar-refractivity contribution in [1.82, 2.24) is 15.1 Å². The quantitative estimate of drug-likeness (QED) is 0.848. The number of hydrogen-bond acceptors (Lipinski definition) is 2. The van der Waals surface area contributed by atoms with Gasteiger partial charge in [0.25, 0.3) is 0 Å². The first-order chi connectivity index (χ1) is 7.75. The minimum absolute atomic E-state index is 0.519. The van der Waals surface area contributed by atoms with Crippen molar-refractivity contribution in [3.63, 3.8) is 0 Å². The van der Waals surface area contributed by atoms with Crippen LogP contribution in [0.4, 0.5) is 0 Å². The highest BCUT2D eigenvalue weighted by Crippen LogP contribution is 2.08. The molecular formula is C13H17N3. The molecule has 1 aromatic heterocycles. The summed E-state index contributed by atoms with van der Waals surface area (Å²) in [5.74, 6) is 0. The lowest BCUT2D eigenvalue weighted by Gasteiger charge is -2.08. The van der Waals surface area contributed by atoms with Gasteiger partial charge in [-0.3, -0.25) is 0 Å². The van der Waals surface area contributed by atoms with Crippen molar-refractivity contribution in [1.29, 1.82) is 0 Å². The Bertz CT molecular complexity index is 415. The summed E-state index contributed by atoms with van der Waals surface area (Å²) in [6, 6.07) is 10.9. The van der Waals surface area contributed by atoms with Gasteiger partial charge < -0.3 is 5.32 Å². The third kappa shape index (κ3) is 2.70. The third-order valence-electron chi connectivity index (χ3n) is 2.42. The Morgan fingerprint density at radius 2 is 2.00 bits per heavy atom. The molecule has 0 unspecified atom stereocenters. The second-order valence-corrected chi connectivity index (χ2v) is 4.15. The van der Waals surface area contributed by atoms with Gasteiger partial charge in [-0.25, -0.2) is 4.68 Å². The molecule has 0 aliphatic rings. The van der Waals surface area contributed by atoms with Crippen LogP contribution in [0.15, 0.2) is 42.7 Å². The van der Waals surface area contributed by atoms with E-state index in [9.17, 15) is 0 Å². The predicted octanol–water partition coefficient (Wildman–Crippen LogP) is 2.37. The average Bonchev–Trinajstić information content (AvgIpc) is 2.80. The molecule has 84 valence electrons. The van der Waals surface area contributed by atoms with Crippen LogP contribution in [-0.4, -0.2) is 15.8 Å². The first-order valence-corrected chi connectivity index (χ1v) is 5.58. The molecule has 0 bridgehead atoms.